The van der Waals surface area contributed by atoms with E-state index >= 15 is 0 Å². The molecule has 1 N–H and O–H groups in total. The number of carbonyl (C=O) groups excluding carboxylic acids is 1. The van der Waals surface area contributed by atoms with Crippen LogP contribution in [0.15, 0.2) is 6.07 Å². The van der Waals surface area contributed by atoms with Gasteiger partial charge in [0.1, 0.15) is 4.83 Å². The molecule has 0 aliphatic heterocycles. The fraction of sp³-hybridized carbons (Fsp3) is 0.538. The van der Waals surface area contributed by atoms with Crippen LogP contribution < -0.4 is 5.32 Å². The first-order valence-electron chi connectivity index (χ1n) is 6.39. The Labute approximate surface area is 110 Å². The van der Waals surface area contributed by atoms with Crippen LogP contribution in [0, 0.1) is 6.92 Å². The van der Waals surface area contributed by atoms with Crippen molar-refractivity contribution in [2.75, 3.05) is 0 Å². The highest BCUT2D eigenvalue weighted by atomic mass is 32.1. The molecule has 1 amide bonds. The Morgan fingerprint density at radius 3 is 2.89 bits per heavy atom. The second-order valence-electron chi connectivity index (χ2n) is 4.99. The molecule has 0 unspecified atom stereocenters. The van der Waals surface area contributed by atoms with Crippen molar-refractivity contribution in [1.29, 1.82) is 0 Å². The van der Waals surface area contributed by atoms with Crippen LogP contribution in [0.4, 0.5) is 0 Å². The molecule has 0 bridgehead atoms. The minimum absolute atomic E-state index is 0.0718. The normalized spacial score (nSPS) is 16.6. The molecule has 1 aliphatic carbocycles. The number of aryl methyl sites for hydroxylation is 2. The number of nitrogens with zero attached hydrogens (tertiary/aromatic N) is 2. The SMILES string of the molecule is Cc1nn(C)c2sc(C(=O)NC3CCCC3)cc12. The summed E-state index contributed by atoms with van der Waals surface area (Å²) in [5.41, 5.74) is 0.990. The zero-order valence-corrected chi connectivity index (χ0v) is 11.5. The van der Waals surface area contributed by atoms with Crippen LogP contribution in [-0.2, 0) is 7.05 Å². The number of hydrogen-bond acceptors (Lipinski definition) is 3. The first-order chi connectivity index (χ1) is 8.65. The first kappa shape index (κ1) is 11.7. The van der Waals surface area contributed by atoms with Crippen LogP contribution in [-0.4, -0.2) is 21.7 Å². The minimum atomic E-state index is 0.0718. The van der Waals surface area contributed by atoms with Gasteiger partial charge in [-0.05, 0) is 25.8 Å². The maximum Gasteiger partial charge on any atom is 0.261 e. The molecule has 0 spiro atoms. The van der Waals surface area contributed by atoms with Gasteiger partial charge in [0, 0.05) is 18.5 Å². The lowest BCUT2D eigenvalue weighted by molar-refractivity contribution is 0.0942. The molecule has 3 rings (SSSR count). The first-order valence-corrected chi connectivity index (χ1v) is 7.21. The van der Waals surface area contributed by atoms with Gasteiger partial charge in [-0.25, -0.2) is 0 Å². The lowest BCUT2D eigenvalue weighted by atomic mass is 10.2. The fourth-order valence-electron chi connectivity index (χ4n) is 2.64. The zero-order chi connectivity index (χ0) is 12.7. The van der Waals surface area contributed by atoms with E-state index in [0.717, 1.165) is 33.6 Å². The Balaban J connectivity index is 1.85. The molecule has 0 aromatic carbocycles. The maximum absolute atomic E-state index is 12.2. The number of fused-ring (bicyclic) bond motifs is 1. The summed E-state index contributed by atoms with van der Waals surface area (Å²) in [6.45, 7) is 1.98. The Morgan fingerprint density at radius 1 is 1.50 bits per heavy atom. The third-order valence-corrected chi connectivity index (χ3v) is 4.81. The van der Waals surface area contributed by atoms with E-state index in [1.165, 1.54) is 24.2 Å². The van der Waals surface area contributed by atoms with Crippen LogP contribution in [0.1, 0.15) is 41.0 Å². The van der Waals surface area contributed by atoms with Gasteiger partial charge >= 0.3 is 0 Å². The van der Waals surface area contributed by atoms with Gasteiger partial charge in [-0.3, -0.25) is 9.48 Å². The monoisotopic (exact) mass is 263 g/mol. The van der Waals surface area contributed by atoms with Gasteiger partial charge in [0.2, 0.25) is 0 Å². The highest BCUT2D eigenvalue weighted by Crippen LogP contribution is 2.28. The zero-order valence-electron chi connectivity index (χ0n) is 10.7. The Morgan fingerprint density at radius 2 is 2.22 bits per heavy atom. The predicted molar refractivity (Wildman–Crippen MR) is 73.1 cm³/mol. The molecular weight excluding hydrogens is 246 g/mol. The van der Waals surface area contributed by atoms with Crippen molar-refractivity contribution in [1.82, 2.24) is 15.1 Å². The van der Waals surface area contributed by atoms with E-state index in [4.69, 9.17) is 0 Å². The quantitative estimate of drug-likeness (QED) is 0.905. The topological polar surface area (TPSA) is 46.9 Å². The van der Waals surface area contributed by atoms with E-state index in [1.54, 1.807) is 0 Å². The fourth-order valence-corrected chi connectivity index (χ4v) is 3.67. The van der Waals surface area contributed by atoms with E-state index < -0.39 is 0 Å². The molecule has 96 valence electrons. The van der Waals surface area contributed by atoms with Crippen LogP contribution in [0.3, 0.4) is 0 Å². The second-order valence-corrected chi connectivity index (χ2v) is 6.02. The third-order valence-electron chi connectivity index (χ3n) is 3.61. The molecule has 1 fully saturated rings. The Bertz CT molecular complexity index is 558. The lowest BCUT2D eigenvalue weighted by Crippen LogP contribution is -2.31. The molecule has 1 aliphatic rings. The van der Waals surface area contributed by atoms with E-state index in [9.17, 15) is 4.79 Å². The largest absolute Gasteiger partial charge is 0.349 e. The van der Waals surface area contributed by atoms with Gasteiger partial charge in [-0.2, -0.15) is 5.10 Å². The van der Waals surface area contributed by atoms with E-state index in [-0.39, 0.29) is 5.91 Å². The predicted octanol–water partition coefficient (Wildman–Crippen LogP) is 2.62. The lowest BCUT2D eigenvalue weighted by Gasteiger charge is -2.10. The second kappa shape index (κ2) is 4.39. The van der Waals surface area contributed by atoms with Gasteiger partial charge in [-0.15, -0.1) is 11.3 Å². The molecule has 2 aromatic rings. The van der Waals surface area contributed by atoms with Crippen LogP contribution in [0.25, 0.3) is 10.2 Å². The number of hydrogen-bond donors (Lipinski definition) is 1. The summed E-state index contributed by atoms with van der Waals surface area (Å²) in [5, 5.41) is 8.57. The molecule has 5 heteroatoms. The molecule has 4 nitrogen and oxygen atoms in total. The van der Waals surface area contributed by atoms with Crippen molar-refractivity contribution in [3.63, 3.8) is 0 Å². The van der Waals surface area contributed by atoms with Crippen molar-refractivity contribution >= 4 is 27.5 Å². The molecule has 18 heavy (non-hydrogen) atoms. The molecule has 0 saturated heterocycles. The Kier molecular flexibility index (Phi) is 2.86. The smallest absolute Gasteiger partial charge is 0.261 e. The standard InChI is InChI=1S/C13H17N3OS/c1-8-10-7-11(18-13(10)16(2)15-8)12(17)14-9-5-3-4-6-9/h7,9H,3-6H2,1-2H3,(H,14,17). The van der Waals surface area contributed by atoms with Gasteiger partial charge in [0.15, 0.2) is 0 Å². The number of nitrogens with one attached hydrogen (secondary N) is 1. The summed E-state index contributed by atoms with van der Waals surface area (Å²) in [7, 11) is 1.92. The summed E-state index contributed by atoms with van der Waals surface area (Å²) in [5.74, 6) is 0.0718. The highest BCUT2D eigenvalue weighted by Gasteiger charge is 2.20. The van der Waals surface area contributed by atoms with E-state index in [0.29, 0.717) is 6.04 Å². The van der Waals surface area contributed by atoms with Crippen molar-refractivity contribution in [3.8, 4) is 0 Å². The Hall–Kier alpha value is -1.36. The molecule has 1 saturated carbocycles. The van der Waals surface area contributed by atoms with Crippen molar-refractivity contribution in [2.24, 2.45) is 7.05 Å². The van der Waals surface area contributed by atoms with Gasteiger partial charge < -0.3 is 5.32 Å². The molecule has 0 atom stereocenters. The van der Waals surface area contributed by atoms with Crippen molar-refractivity contribution < 1.29 is 4.79 Å². The number of carbonyl (C=O) groups is 1. The number of thiophene rings is 1. The van der Waals surface area contributed by atoms with Crippen LogP contribution in [0.2, 0.25) is 0 Å². The average molecular weight is 263 g/mol. The summed E-state index contributed by atoms with van der Waals surface area (Å²) >= 11 is 1.52. The number of amides is 1. The highest BCUT2D eigenvalue weighted by molar-refractivity contribution is 7.20. The summed E-state index contributed by atoms with van der Waals surface area (Å²) in [6.07, 6.45) is 4.72. The van der Waals surface area contributed by atoms with Gasteiger partial charge in [-0.1, -0.05) is 12.8 Å². The number of rotatable bonds is 2. The van der Waals surface area contributed by atoms with Gasteiger partial charge in [0.25, 0.3) is 5.91 Å². The van der Waals surface area contributed by atoms with E-state index in [1.807, 2.05) is 24.7 Å². The van der Waals surface area contributed by atoms with Crippen molar-refractivity contribution in [3.05, 3.63) is 16.6 Å². The minimum Gasteiger partial charge on any atom is -0.349 e. The average Bonchev–Trinajstić information content (AvgIpc) is 3.00. The van der Waals surface area contributed by atoms with Gasteiger partial charge in [0.05, 0.1) is 10.6 Å². The summed E-state index contributed by atoms with van der Waals surface area (Å²) in [6, 6.07) is 2.34. The summed E-state index contributed by atoms with van der Waals surface area (Å²) in [4.78, 5) is 14.0. The molecule has 2 heterocycles. The number of aromatic nitrogens is 2. The molecule has 2 aromatic heterocycles. The maximum atomic E-state index is 12.2. The van der Waals surface area contributed by atoms with Crippen molar-refractivity contribution in [2.45, 2.75) is 38.6 Å². The van der Waals surface area contributed by atoms with E-state index in [2.05, 4.69) is 10.4 Å². The third kappa shape index (κ3) is 1.92. The summed E-state index contributed by atoms with van der Waals surface area (Å²) < 4.78 is 1.85. The molecular formula is C13H17N3OS. The molecule has 0 radical (unpaired) electrons. The van der Waals surface area contributed by atoms with Crippen LogP contribution in [0.5, 0.6) is 0 Å². The van der Waals surface area contributed by atoms with Crippen LogP contribution >= 0.6 is 11.3 Å².